The molecule has 0 saturated carbocycles. The maximum absolute atomic E-state index is 5.32. The van der Waals surface area contributed by atoms with Crippen molar-refractivity contribution in [3.8, 4) is 0 Å². The zero-order valence-electron chi connectivity index (χ0n) is 11.8. The Bertz CT molecular complexity index is 481. The molecule has 5 heteroatoms. The van der Waals surface area contributed by atoms with E-state index in [9.17, 15) is 0 Å². The van der Waals surface area contributed by atoms with Gasteiger partial charge in [0.1, 0.15) is 10.5 Å². The van der Waals surface area contributed by atoms with Crippen LogP contribution in [0.5, 0.6) is 0 Å². The molecule has 0 spiro atoms. The minimum atomic E-state index is 0.0243. The number of aromatic amines is 1. The van der Waals surface area contributed by atoms with E-state index in [1.807, 2.05) is 11.8 Å². The Morgan fingerprint density at radius 2 is 1.78 bits per heavy atom. The molecular weight excluding hydrogens is 328 g/mol. The first kappa shape index (κ1) is 16.2. The van der Waals surface area contributed by atoms with E-state index in [2.05, 4.69) is 67.4 Å². The number of hydrogen-bond donors (Lipinski definition) is 1. The number of hydrogen-bond acceptors (Lipinski definition) is 3. The number of halogens is 1. The van der Waals surface area contributed by atoms with Gasteiger partial charge in [-0.2, -0.15) is 0 Å². The monoisotopic (exact) mass is 348 g/mol. The number of aromatic nitrogens is 2. The fraction of sp³-hybridized carbons (Fsp3) is 0.692. The van der Waals surface area contributed by atoms with Crippen LogP contribution < -0.4 is 0 Å². The number of H-pyrrole nitrogens is 1. The maximum atomic E-state index is 5.32. The van der Waals surface area contributed by atoms with Crippen LogP contribution in [-0.4, -0.2) is 14.7 Å². The van der Waals surface area contributed by atoms with Gasteiger partial charge in [0, 0.05) is 15.9 Å². The van der Waals surface area contributed by atoms with Crippen LogP contribution >= 0.6 is 39.9 Å². The van der Waals surface area contributed by atoms with Gasteiger partial charge in [0.25, 0.3) is 0 Å². The molecule has 0 aliphatic carbocycles. The number of thioether (sulfide) groups is 1. The first-order chi connectivity index (χ1) is 8.00. The van der Waals surface area contributed by atoms with Gasteiger partial charge in [-0.3, -0.25) is 0 Å². The Hall–Kier alpha value is 0.130. The molecule has 0 fully saturated rings. The van der Waals surface area contributed by atoms with Gasteiger partial charge in [-0.15, -0.1) is 11.8 Å². The molecule has 0 aliphatic heterocycles. The molecule has 0 bridgehead atoms. The number of rotatable bonds is 2. The number of nitrogens with zero attached hydrogens (tertiary/aromatic N) is 1. The highest BCUT2D eigenvalue weighted by atomic mass is 79.9. The summed E-state index contributed by atoms with van der Waals surface area (Å²) in [4.78, 5) is 7.86. The zero-order chi connectivity index (χ0) is 14.1. The molecule has 0 radical (unpaired) electrons. The zero-order valence-corrected chi connectivity index (χ0v) is 15.1. The minimum Gasteiger partial charge on any atom is -0.345 e. The van der Waals surface area contributed by atoms with Crippen LogP contribution in [0.1, 0.15) is 53.1 Å². The van der Waals surface area contributed by atoms with Crippen LogP contribution in [0.2, 0.25) is 0 Å². The van der Waals surface area contributed by atoms with Crippen molar-refractivity contribution in [2.45, 2.75) is 57.5 Å². The lowest BCUT2D eigenvalue weighted by atomic mass is 9.92. The van der Waals surface area contributed by atoms with Crippen LogP contribution in [0, 0.1) is 4.64 Å². The van der Waals surface area contributed by atoms with E-state index in [0.717, 1.165) is 21.7 Å². The van der Waals surface area contributed by atoms with E-state index in [1.54, 1.807) is 0 Å². The van der Waals surface area contributed by atoms with Crippen LogP contribution in [0.25, 0.3) is 0 Å². The minimum absolute atomic E-state index is 0.0243. The highest BCUT2D eigenvalue weighted by Gasteiger charge is 2.20. The third-order valence-corrected chi connectivity index (χ3v) is 4.92. The molecule has 0 unspecified atom stereocenters. The SMILES string of the molecule is CC(C)(C)SCc1nc(=S)c(Br)c(C(C)(C)C)[nH]1. The summed E-state index contributed by atoms with van der Waals surface area (Å²) < 4.78 is 1.78. The van der Waals surface area contributed by atoms with Crippen LogP contribution in [0.15, 0.2) is 4.47 Å². The smallest absolute Gasteiger partial charge is 0.144 e. The summed E-state index contributed by atoms with van der Waals surface area (Å²) >= 11 is 10.7. The van der Waals surface area contributed by atoms with Crippen molar-refractivity contribution in [1.29, 1.82) is 0 Å². The standard InChI is InChI=1S/C13H21BrN2S2/c1-12(2,3)10-9(14)11(17)16-8(15-10)7-18-13(4,5)6/h7H2,1-6H3,(H,15,16,17). The lowest BCUT2D eigenvalue weighted by molar-refractivity contribution is 0.559. The molecule has 1 N–H and O–H groups in total. The van der Waals surface area contributed by atoms with Gasteiger partial charge in [-0.25, -0.2) is 4.98 Å². The molecule has 2 nitrogen and oxygen atoms in total. The Balaban J connectivity index is 3.10. The molecule has 0 aliphatic rings. The summed E-state index contributed by atoms with van der Waals surface area (Å²) in [6.45, 7) is 13.1. The van der Waals surface area contributed by atoms with Crippen molar-refractivity contribution in [2.24, 2.45) is 0 Å². The fourth-order valence-electron chi connectivity index (χ4n) is 1.38. The fourth-order valence-corrected chi connectivity index (χ4v) is 3.08. The topological polar surface area (TPSA) is 28.7 Å². The largest absolute Gasteiger partial charge is 0.345 e. The Morgan fingerprint density at radius 3 is 2.22 bits per heavy atom. The predicted octanol–water partition coefficient (Wildman–Crippen LogP) is 5.23. The summed E-state index contributed by atoms with van der Waals surface area (Å²) in [5, 5.41) is 0. The molecule has 0 saturated heterocycles. The van der Waals surface area contributed by atoms with Crippen LogP contribution in [0.4, 0.5) is 0 Å². The molecule has 1 rings (SSSR count). The predicted molar refractivity (Wildman–Crippen MR) is 86.9 cm³/mol. The summed E-state index contributed by atoms with van der Waals surface area (Å²) in [5.41, 5.74) is 1.14. The highest BCUT2D eigenvalue weighted by Crippen LogP contribution is 2.30. The highest BCUT2D eigenvalue weighted by molar-refractivity contribution is 9.10. The molecule has 1 heterocycles. The van der Waals surface area contributed by atoms with Crippen molar-refractivity contribution in [3.63, 3.8) is 0 Å². The average molecular weight is 349 g/mol. The molecule has 1 aromatic heterocycles. The van der Waals surface area contributed by atoms with Gasteiger partial charge >= 0.3 is 0 Å². The molecule has 1 aromatic rings. The van der Waals surface area contributed by atoms with Gasteiger partial charge in [0.05, 0.1) is 10.2 Å². The molecular formula is C13H21BrN2S2. The Kier molecular flexibility index (Phi) is 5.06. The summed E-state index contributed by atoms with van der Waals surface area (Å²) in [5.74, 6) is 1.80. The Morgan fingerprint density at radius 1 is 1.22 bits per heavy atom. The second-order valence-electron chi connectivity index (χ2n) is 6.33. The molecule has 18 heavy (non-hydrogen) atoms. The van der Waals surface area contributed by atoms with E-state index in [1.165, 1.54) is 0 Å². The maximum Gasteiger partial charge on any atom is 0.144 e. The Labute approximate surface area is 128 Å². The van der Waals surface area contributed by atoms with Gasteiger partial charge in [0.15, 0.2) is 0 Å². The third kappa shape index (κ3) is 4.67. The van der Waals surface area contributed by atoms with Gasteiger partial charge in [0.2, 0.25) is 0 Å². The van der Waals surface area contributed by atoms with Crippen molar-refractivity contribution in [3.05, 3.63) is 20.6 Å². The number of nitrogens with one attached hydrogen (secondary N) is 1. The van der Waals surface area contributed by atoms with E-state index >= 15 is 0 Å². The van der Waals surface area contributed by atoms with E-state index in [0.29, 0.717) is 4.64 Å². The van der Waals surface area contributed by atoms with Crippen LogP contribution in [-0.2, 0) is 11.2 Å². The molecule has 0 atom stereocenters. The summed E-state index contributed by atoms with van der Waals surface area (Å²) in [6, 6.07) is 0. The van der Waals surface area contributed by atoms with Crippen molar-refractivity contribution < 1.29 is 0 Å². The first-order valence-electron chi connectivity index (χ1n) is 5.94. The first-order valence-corrected chi connectivity index (χ1v) is 8.12. The van der Waals surface area contributed by atoms with E-state index < -0.39 is 0 Å². The molecule has 0 aromatic carbocycles. The summed E-state index contributed by atoms with van der Waals surface area (Å²) in [7, 11) is 0. The van der Waals surface area contributed by atoms with Crippen LogP contribution in [0.3, 0.4) is 0 Å². The summed E-state index contributed by atoms with van der Waals surface area (Å²) in [6.07, 6.45) is 0. The van der Waals surface area contributed by atoms with E-state index in [-0.39, 0.29) is 10.2 Å². The van der Waals surface area contributed by atoms with Crippen molar-refractivity contribution in [2.75, 3.05) is 0 Å². The second-order valence-corrected chi connectivity index (χ2v) is 9.31. The second kappa shape index (κ2) is 5.63. The molecule has 0 amide bonds. The van der Waals surface area contributed by atoms with Gasteiger partial charge in [-0.1, -0.05) is 53.8 Å². The molecule has 102 valence electrons. The quantitative estimate of drug-likeness (QED) is 0.741. The van der Waals surface area contributed by atoms with E-state index in [4.69, 9.17) is 12.2 Å². The third-order valence-electron chi connectivity index (χ3n) is 2.30. The van der Waals surface area contributed by atoms with Gasteiger partial charge in [-0.05, 0) is 15.9 Å². The lowest BCUT2D eigenvalue weighted by Gasteiger charge is -2.22. The average Bonchev–Trinajstić information content (AvgIpc) is 2.16. The van der Waals surface area contributed by atoms with Crippen molar-refractivity contribution >= 4 is 39.9 Å². The van der Waals surface area contributed by atoms with Crippen molar-refractivity contribution in [1.82, 2.24) is 9.97 Å². The lowest BCUT2D eigenvalue weighted by Crippen LogP contribution is -2.17. The normalized spacial score (nSPS) is 12.8. The van der Waals surface area contributed by atoms with Gasteiger partial charge < -0.3 is 4.98 Å².